The molecule has 4 heteroatoms. The summed E-state index contributed by atoms with van der Waals surface area (Å²) in [5.41, 5.74) is 0.666. The number of aromatic nitrogens is 1. The van der Waals surface area contributed by atoms with Gasteiger partial charge in [-0.15, -0.1) is 0 Å². The third kappa shape index (κ3) is 4.15. The van der Waals surface area contributed by atoms with Gasteiger partial charge in [-0.3, -0.25) is 4.79 Å². The minimum atomic E-state index is 0.666. The SMILES string of the molecule is CCN(CCCN(C)C)c1ncccc1C=O. The van der Waals surface area contributed by atoms with Crippen molar-refractivity contribution in [3.8, 4) is 0 Å². The van der Waals surface area contributed by atoms with E-state index in [1.54, 1.807) is 12.3 Å². The Labute approximate surface area is 103 Å². The number of carbonyl (C=O) groups is 1. The van der Waals surface area contributed by atoms with E-state index in [2.05, 4.69) is 35.8 Å². The molecule has 4 nitrogen and oxygen atoms in total. The second-order valence-electron chi connectivity index (χ2n) is 4.27. The molecule has 0 N–H and O–H groups in total. The molecule has 0 atom stereocenters. The van der Waals surface area contributed by atoms with Gasteiger partial charge in [0.15, 0.2) is 6.29 Å². The number of carbonyl (C=O) groups excluding carboxylic acids is 1. The number of nitrogens with zero attached hydrogens (tertiary/aromatic N) is 3. The summed E-state index contributed by atoms with van der Waals surface area (Å²) in [6.45, 7) is 4.91. The highest BCUT2D eigenvalue weighted by molar-refractivity contribution is 5.82. The summed E-state index contributed by atoms with van der Waals surface area (Å²) < 4.78 is 0. The van der Waals surface area contributed by atoms with Gasteiger partial charge < -0.3 is 9.80 Å². The Bertz CT molecular complexity index is 352. The fourth-order valence-electron chi connectivity index (χ4n) is 1.76. The van der Waals surface area contributed by atoms with E-state index in [4.69, 9.17) is 0 Å². The monoisotopic (exact) mass is 235 g/mol. The van der Waals surface area contributed by atoms with E-state index in [-0.39, 0.29) is 0 Å². The molecule has 0 radical (unpaired) electrons. The maximum atomic E-state index is 11.0. The van der Waals surface area contributed by atoms with Gasteiger partial charge >= 0.3 is 0 Å². The first kappa shape index (κ1) is 13.6. The molecule has 1 aromatic heterocycles. The summed E-state index contributed by atoms with van der Waals surface area (Å²) in [7, 11) is 4.13. The average molecular weight is 235 g/mol. The van der Waals surface area contributed by atoms with Crippen molar-refractivity contribution in [1.82, 2.24) is 9.88 Å². The lowest BCUT2D eigenvalue weighted by Crippen LogP contribution is -2.28. The molecule has 1 heterocycles. The summed E-state index contributed by atoms with van der Waals surface area (Å²) in [6.07, 6.45) is 3.67. The maximum absolute atomic E-state index is 11.0. The van der Waals surface area contributed by atoms with E-state index in [1.807, 2.05) is 6.07 Å². The predicted molar refractivity (Wildman–Crippen MR) is 70.7 cm³/mol. The van der Waals surface area contributed by atoms with Gasteiger partial charge in [-0.05, 0) is 46.1 Å². The summed E-state index contributed by atoms with van der Waals surface area (Å²) in [5.74, 6) is 0.795. The molecule has 0 amide bonds. The predicted octanol–water partition coefficient (Wildman–Crippen LogP) is 1.67. The minimum absolute atomic E-state index is 0.666. The fourth-order valence-corrected chi connectivity index (χ4v) is 1.76. The van der Waals surface area contributed by atoms with Crippen molar-refractivity contribution in [3.05, 3.63) is 23.9 Å². The van der Waals surface area contributed by atoms with E-state index < -0.39 is 0 Å². The molecular formula is C13H21N3O. The number of pyridine rings is 1. The number of hydrogen-bond donors (Lipinski definition) is 0. The van der Waals surface area contributed by atoms with E-state index in [1.165, 1.54) is 0 Å². The molecule has 0 aromatic carbocycles. The Kier molecular flexibility index (Phi) is 5.63. The Morgan fingerprint density at radius 1 is 1.35 bits per heavy atom. The normalized spacial score (nSPS) is 10.6. The Balaban J connectivity index is 2.68. The Morgan fingerprint density at radius 3 is 2.71 bits per heavy atom. The molecule has 1 aromatic rings. The highest BCUT2D eigenvalue weighted by Crippen LogP contribution is 2.15. The van der Waals surface area contributed by atoms with Crippen LogP contribution in [0, 0.1) is 0 Å². The minimum Gasteiger partial charge on any atom is -0.356 e. The second kappa shape index (κ2) is 7.01. The van der Waals surface area contributed by atoms with Crippen LogP contribution in [0.2, 0.25) is 0 Å². The van der Waals surface area contributed by atoms with Gasteiger partial charge in [-0.1, -0.05) is 0 Å². The van der Waals surface area contributed by atoms with Gasteiger partial charge in [0.2, 0.25) is 0 Å². The molecule has 0 aliphatic carbocycles. The molecule has 0 saturated carbocycles. The van der Waals surface area contributed by atoms with Crippen molar-refractivity contribution < 1.29 is 4.79 Å². The van der Waals surface area contributed by atoms with Crippen molar-refractivity contribution in [2.24, 2.45) is 0 Å². The van der Waals surface area contributed by atoms with E-state index in [0.717, 1.165) is 38.2 Å². The average Bonchev–Trinajstić information content (AvgIpc) is 2.34. The van der Waals surface area contributed by atoms with Crippen molar-refractivity contribution in [2.75, 3.05) is 38.6 Å². The zero-order valence-corrected chi connectivity index (χ0v) is 10.9. The van der Waals surface area contributed by atoms with E-state index >= 15 is 0 Å². The summed E-state index contributed by atoms with van der Waals surface area (Å²) in [4.78, 5) is 19.6. The van der Waals surface area contributed by atoms with Crippen LogP contribution in [-0.2, 0) is 0 Å². The fraction of sp³-hybridized carbons (Fsp3) is 0.538. The van der Waals surface area contributed by atoms with Crippen molar-refractivity contribution >= 4 is 12.1 Å². The standard InChI is InChI=1S/C13H21N3O/c1-4-16(10-6-9-15(2)3)13-12(11-17)7-5-8-14-13/h5,7-8,11H,4,6,9-10H2,1-3H3. The first-order chi connectivity index (χ1) is 8.19. The summed E-state index contributed by atoms with van der Waals surface area (Å²) >= 11 is 0. The molecule has 0 saturated heterocycles. The topological polar surface area (TPSA) is 36.4 Å². The van der Waals surface area contributed by atoms with Crippen molar-refractivity contribution in [2.45, 2.75) is 13.3 Å². The summed E-state index contributed by atoms with van der Waals surface area (Å²) in [6, 6.07) is 3.60. The maximum Gasteiger partial charge on any atom is 0.153 e. The highest BCUT2D eigenvalue weighted by Gasteiger charge is 2.09. The molecule has 0 bridgehead atoms. The zero-order chi connectivity index (χ0) is 12.7. The van der Waals surface area contributed by atoms with Crippen LogP contribution in [0.3, 0.4) is 0 Å². The third-order valence-corrected chi connectivity index (χ3v) is 2.66. The van der Waals surface area contributed by atoms with Gasteiger partial charge in [0.1, 0.15) is 5.82 Å². The molecule has 0 unspecified atom stereocenters. The van der Waals surface area contributed by atoms with Gasteiger partial charge in [-0.2, -0.15) is 0 Å². The molecular weight excluding hydrogens is 214 g/mol. The largest absolute Gasteiger partial charge is 0.356 e. The quantitative estimate of drug-likeness (QED) is 0.674. The van der Waals surface area contributed by atoms with Crippen LogP contribution in [0.4, 0.5) is 5.82 Å². The first-order valence-electron chi connectivity index (χ1n) is 5.99. The second-order valence-corrected chi connectivity index (χ2v) is 4.27. The van der Waals surface area contributed by atoms with Crippen LogP contribution < -0.4 is 4.90 Å². The zero-order valence-electron chi connectivity index (χ0n) is 10.9. The Morgan fingerprint density at radius 2 is 2.12 bits per heavy atom. The lowest BCUT2D eigenvalue weighted by atomic mass is 10.2. The smallest absolute Gasteiger partial charge is 0.153 e. The van der Waals surface area contributed by atoms with Crippen LogP contribution in [-0.4, -0.2) is 49.9 Å². The van der Waals surface area contributed by atoms with Crippen LogP contribution in [0.25, 0.3) is 0 Å². The van der Waals surface area contributed by atoms with Gasteiger partial charge in [0, 0.05) is 19.3 Å². The van der Waals surface area contributed by atoms with Crippen LogP contribution in [0.15, 0.2) is 18.3 Å². The number of rotatable bonds is 7. The lowest BCUT2D eigenvalue weighted by molar-refractivity contribution is 0.112. The first-order valence-corrected chi connectivity index (χ1v) is 5.99. The van der Waals surface area contributed by atoms with Crippen LogP contribution in [0.5, 0.6) is 0 Å². The lowest BCUT2D eigenvalue weighted by Gasteiger charge is -2.23. The summed E-state index contributed by atoms with van der Waals surface area (Å²) in [5, 5.41) is 0. The highest BCUT2D eigenvalue weighted by atomic mass is 16.1. The van der Waals surface area contributed by atoms with Crippen LogP contribution in [0.1, 0.15) is 23.7 Å². The molecule has 1 rings (SSSR count). The van der Waals surface area contributed by atoms with Crippen molar-refractivity contribution in [1.29, 1.82) is 0 Å². The van der Waals surface area contributed by atoms with Gasteiger partial charge in [0.25, 0.3) is 0 Å². The molecule has 17 heavy (non-hydrogen) atoms. The molecule has 0 aliphatic heterocycles. The number of aldehydes is 1. The molecule has 0 aliphatic rings. The van der Waals surface area contributed by atoms with Crippen molar-refractivity contribution in [3.63, 3.8) is 0 Å². The Hall–Kier alpha value is -1.42. The number of anilines is 1. The molecule has 0 spiro atoms. The molecule has 94 valence electrons. The van der Waals surface area contributed by atoms with E-state index in [9.17, 15) is 4.79 Å². The van der Waals surface area contributed by atoms with Gasteiger partial charge in [-0.25, -0.2) is 4.98 Å². The number of hydrogen-bond acceptors (Lipinski definition) is 4. The van der Waals surface area contributed by atoms with Crippen LogP contribution >= 0.6 is 0 Å². The third-order valence-electron chi connectivity index (χ3n) is 2.66. The van der Waals surface area contributed by atoms with Gasteiger partial charge in [0.05, 0.1) is 5.56 Å². The van der Waals surface area contributed by atoms with E-state index in [0.29, 0.717) is 5.56 Å². The molecule has 0 fully saturated rings.